The van der Waals surface area contributed by atoms with E-state index in [1.165, 1.54) is 16.9 Å². The Balaban J connectivity index is 2.12. The molecule has 0 bridgehead atoms. The fourth-order valence-electron chi connectivity index (χ4n) is 2.51. The van der Waals surface area contributed by atoms with Gasteiger partial charge in [-0.2, -0.15) is 0 Å². The van der Waals surface area contributed by atoms with Crippen LogP contribution in [0.3, 0.4) is 0 Å². The summed E-state index contributed by atoms with van der Waals surface area (Å²) in [6, 6.07) is 2.42. The molecule has 1 saturated carbocycles. The lowest BCUT2D eigenvalue weighted by Gasteiger charge is -2.37. The molecular weight excluding hydrogens is 258 g/mol. The molecule has 106 valence electrons. The van der Waals surface area contributed by atoms with Crippen LogP contribution in [0.1, 0.15) is 52.7 Å². The molecule has 0 aliphatic heterocycles. The van der Waals surface area contributed by atoms with Crippen LogP contribution in [0.15, 0.2) is 6.07 Å². The van der Waals surface area contributed by atoms with Crippen LogP contribution < -0.4 is 0 Å². The lowest BCUT2D eigenvalue weighted by Crippen LogP contribution is -2.44. The Morgan fingerprint density at radius 2 is 2.26 bits per heavy atom. The third-order valence-corrected chi connectivity index (χ3v) is 5.26. The van der Waals surface area contributed by atoms with Crippen molar-refractivity contribution in [1.29, 1.82) is 0 Å². The molecule has 1 aliphatic carbocycles. The summed E-state index contributed by atoms with van der Waals surface area (Å²) in [4.78, 5) is 16.8. The van der Waals surface area contributed by atoms with Crippen molar-refractivity contribution < 1.29 is 9.90 Å². The molecule has 0 atom stereocenters. The van der Waals surface area contributed by atoms with E-state index in [4.69, 9.17) is 5.11 Å². The van der Waals surface area contributed by atoms with E-state index >= 15 is 0 Å². The Bertz CT molecular complexity index is 437. The van der Waals surface area contributed by atoms with Crippen molar-refractivity contribution in [2.24, 2.45) is 0 Å². The third-order valence-electron chi connectivity index (χ3n) is 3.89. The van der Waals surface area contributed by atoms with E-state index in [2.05, 4.69) is 13.8 Å². The lowest BCUT2D eigenvalue weighted by atomic mass is 9.91. The van der Waals surface area contributed by atoms with Gasteiger partial charge >= 0.3 is 0 Å². The number of carbonyl (C=O) groups excluding carboxylic acids is 1. The van der Waals surface area contributed by atoms with E-state index < -0.39 is 0 Å². The number of carbonyl (C=O) groups is 1. The van der Waals surface area contributed by atoms with Gasteiger partial charge in [0, 0.05) is 24.1 Å². The van der Waals surface area contributed by atoms with Gasteiger partial charge in [-0.05, 0) is 50.7 Å². The van der Waals surface area contributed by atoms with Gasteiger partial charge in [0.05, 0.1) is 4.88 Å². The quantitative estimate of drug-likeness (QED) is 0.871. The number of aliphatic hydroxyl groups excluding tert-OH is 1. The van der Waals surface area contributed by atoms with Crippen LogP contribution in [0.5, 0.6) is 0 Å². The molecule has 1 aliphatic rings. The number of hydrogen-bond donors (Lipinski definition) is 1. The van der Waals surface area contributed by atoms with Crippen LogP contribution >= 0.6 is 11.3 Å². The second-order valence-electron chi connectivity index (χ2n) is 5.23. The summed E-state index contributed by atoms with van der Waals surface area (Å²) in [5, 5.41) is 8.99. The average molecular weight is 281 g/mol. The van der Waals surface area contributed by atoms with Gasteiger partial charge in [-0.1, -0.05) is 6.92 Å². The van der Waals surface area contributed by atoms with Gasteiger partial charge in [-0.15, -0.1) is 11.3 Å². The fourth-order valence-corrected chi connectivity index (χ4v) is 3.58. The van der Waals surface area contributed by atoms with E-state index in [0.717, 1.165) is 24.1 Å². The minimum atomic E-state index is 0.153. The molecule has 3 nitrogen and oxygen atoms in total. The van der Waals surface area contributed by atoms with E-state index in [1.807, 2.05) is 11.0 Å². The van der Waals surface area contributed by atoms with Gasteiger partial charge in [-0.3, -0.25) is 4.79 Å². The molecule has 2 rings (SSSR count). The summed E-state index contributed by atoms with van der Waals surface area (Å²) in [5.74, 6) is 0.158. The highest BCUT2D eigenvalue weighted by Gasteiger charge is 2.29. The van der Waals surface area contributed by atoms with Crippen molar-refractivity contribution in [3.8, 4) is 0 Å². The topological polar surface area (TPSA) is 40.5 Å². The average Bonchev–Trinajstić information content (AvgIpc) is 2.72. The molecule has 1 aromatic heterocycles. The molecule has 0 aromatic carbocycles. The first kappa shape index (κ1) is 14.5. The number of thiophene rings is 1. The Hall–Kier alpha value is -0.870. The summed E-state index contributed by atoms with van der Waals surface area (Å²) < 4.78 is 0. The molecule has 1 amide bonds. The Morgan fingerprint density at radius 1 is 1.53 bits per heavy atom. The Morgan fingerprint density at radius 3 is 2.74 bits per heavy atom. The first-order chi connectivity index (χ1) is 9.17. The minimum Gasteiger partial charge on any atom is -0.396 e. The van der Waals surface area contributed by atoms with Gasteiger partial charge in [-0.25, -0.2) is 0 Å². The SMILES string of the molecule is CCc1sc(C(=O)N(CCCO)C2CCC2)cc1C. The van der Waals surface area contributed by atoms with Crippen LogP contribution in [-0.4, -0.2) is 35.1 Å². The first-order valence-corrected chi connectivity index (χ1v) is 8.00. The maximum atomic E-state index is 12.6. The van der Waals surface area contributed by atoms with Crippen LogP contribution in [0.4, 0.5) is 0 Å². The molecule has 1 aromatic rings. The number of aliphatic hydroxyl groups is 1. The Labute approximate surface area is 119 Å². The van der Waals surface area contributed by atoms with Gasteiger partial charge in [0.25, 0.3) is 5.91 Å². The zero-order valence-electron chi connectivity index (χ0n) is 11.8. The minimum absolute atomic E-state index is 0.153. The smallest absolute Gasteiger partial charge is 0.264 e. The molecule has 4 heteroatoms. The van der Waals surface area contributed by atoms with E-state index in [1.54, 1.807) is 11.3 Å². The van der Waals surface area contributed by atoms with Crippen molar-refractivity contribution >= 4 is 17.2 Å². The number of aryl methyl sites for hydroxylation is 2. The van der Waals surface area contributed by atoms with Crippen molar-refractivity contribution in [3.05, 3.63) is 21.4 Å². The summed E-state index contributed by atoms with van der Waals surface area (Å²) >= 11 is 1.63. The first-order valence-electron chi connectivity index (χ1n) is 7.18. The molecule has 0 spiro atoms. The molecule has 0 unspecified atom stereocenters. The maximum absolute atomic E-state index is 12.6. The van der Waals surface area contributed by atoms with E-state index in [0.29, 0.717) is 19.0 Å². The van der Waals surface area contributed by atoms with Crippen molar-refractivity contribution in [1.82, 2.24) is 4.90 Å². The number of hydrogen-bond acceptors (Lipinski definition) is 3. The monoisotopic (exact) mass is 281 g/mol. The lowest BCUT2D eigenvalue weighted by molar-refractivity contribution is 0.0567. The molecule has 19 heavy (non-hydrogen) atoms. The molecule has 1 fully saturated rings. The van der Waals surface area contributed by atoms with Crippen molar-refractivity contribution in [2.75, 3.05) is 13.2 Å². The fraction of sp³-hybridized carbons (Fsp3) is 0.667. The van der Waals surface area contributed by atoms with Gasteiger partial charge in [0.2, 0.25) is 0 Å². The zero-order chi connectivity index (χ0) is 13.8. The molecule has 0 saturated heterocycles. The highest BCUT2D eigenvalue weighted by molar-refractivity contribution is 7.14. The maximum Gasteiger partial charge on any atom is 0.264 e. The molecule has 1 heterocycles. The van der Waals surface area contributed by atoms with Crippen LogP contribution in [-0.2, 0) is 6.42 Å². The van der Waals surface area contributed by atoms with Crippen molar-refractivity contribution in [2.45, 2.75) is 52.0 Å². The number of nitrogens with zero attached hydrogens (tertiary/aromatic N) is 1. The van der Waals surface area contributed by atoms with Gasteiger partial charge in [0.15, 0.2) is 0 Å². The van der Waals surface area contributed by atoms with Gasteiger partial charge < -0.3 is 10.0 Å². The summed E-state index contributed by atoms with van der Waals surface area (Å²) in [7, 11) is 0. The van der Waals surface area contributed by atoms with Gasteiger partial charge in [0.1, 0.15) is 0 Å². The van der Waals surface area contributed by atoms with Crippen molar-refractivity contribution in [3.63, 3.8) is 0 Å². The van der Waals surface area contributed by atoms with Crippen LogP contribution in [0, 0.1) is 6.92 Å². The number of amides is 1. The van der Waals surface area contributed by atoms with Crippen LogP contribution in [0.2, 0.25) is 0 Å². The highest BCUT2D eigenvalue weighted by Crippen LogP contribution is 2.29. The highest BCUT2D eigenvalue weighted by atomic mass is 32.1. The molecule has 1 N–H and O–H groups in total. The summed E-state index contributed by atoms with van der Waals surface area (Å²) in [6.07, 6.45) is 5.11. The predicted molar refractivity (Wildman–Crippen MR) is 78.8 cm³/mol. The Kier molecular flexibility index (Phi) is 4.99. The standard InChI is InChI=1S/C15H23NO2S/c1-3-13-11(2)10-14(19-13)15(18)16(8-5-9-17)12-6-4-7-12/h10,12,17H,3-9H2,1-2H3. The number of rotatable bonds is 6. The summed E-state index contributed by atoms with van der Waals surface area (Å²) in [5.41, 5.74) is 1.23. The predicted octanol–water partition coefficient (Wildman–Crippen LogP) is 3.00. The van der Waals surface area contributed by atoms with E-state index in [-0.39, 0.29) is 12.5 Å². The second-order valence-corrected chi connectivity index (χ2v) is 6.37. The molecular formula is C15H23NO2S. The van der Waals surface area contributed by atoms with Crippen LogP contribution in [0.25, 0.3) is 0 Å². The third kappa shape index (κ3) is 3.18. The largest absolute Gasteiger partial charge is 0.396 e. The molecule has 0 radical (unpaired) electrons. The van der Waals surface area contributed by atoms with E-state index in [9.17, 15) is 4.79 Å². The second kappa shape index (κ2) is 6.53. The summed E-state index contributed by atoms with van der Waals surface area (Å²) in [6.45, 7) is 5.04. The normalized spacial score (nSPS) is 15.3. The zero-order valence-corrected chi connectivity index (χ0v) is 12.6.